The van der Waals surface area contributed by atoms with E-state index in [9.17, 15) is 9.90 Å². The van der Waals surface area contributed by atoms with Gasteiger partial charge in [-0.1, -0.05) is 18.7 Å². The number of carbonyl (C=O) groups is 1. The maximum absolute atomic E-state index is 12.3. The number of allylic oxidation sites excluding steroid dienone is 1. The number of carbonyl (C=O) groups excluding carboxylic acids is 1. The van der Waals surface area contributed by atoms with Crippen molar-refractivity contribution in [2.45, 2.75) is 44.9 Å². The Kier molecular flexibility index (Phi) is 7.64. The van der Waals surface area contributed by atoms with E-state index in [0.29, 0.717) is 31.6 Å². The number of fused-ring (bicyclic) bond motifs is 4. The quantitative estimate of drug-likeness (QED) is 0.427. The van der Waals surface area contributed by atoms with Crippen LogP contribution in [-0.2, 0) is 29.0 Å². The maximum Gasteiger partial charge on any atom is 0.166 e. The highest BCUT2D eigenvalue weighted by Crippen LogP contribution is 2.46. The molecule has 3 N–H and O–H groups in total. The fourth-order valence-electron chi connectivity index (χ4n) is 6.37. The minimum absolute atomic E-state index is 0.120. The Morgan fingerprint density at radius 3 is 2.92 bits per heavy atom. The Morgan fingerprint density at radius 2 is 2.10 bits per heavy atom. The van der Waals surface area contributed by atoms with Gasteiger partial charge in [-0.05, 0) is 66.8 Å². The topological polar surface area (TPSA) is 90.0 Å². The monoisotopic (exact) mass is 529 g/mol. The number of nitrogens with one attached hydrogen (secondary N) is 2. The molecule has 0 saturated carbocycles. The van der Waals surface area contributed by atoms with E-state index < -0.39 is 6.10 Å². The number of rotatable bonds is 9. The van der Waals surface area contributed by atoms with Gasteiger partial charge in [0.25, 0.3) is 0 Å². The summed E-state index contributed by atoms with van der Waals surface area (Å²) in [7, 11) is 1.72. The van der Waals surface area contributed by atoms with E-state index in [1.54, 1.807) is 7.11 Å². The summed E-state index contributed by atoms with van der Waals surface area (Å²) in [6, 6.07) is 6.57. The zero-order valence-corrected chi connectivity index (χ0v) is 22.9. The van der Waals surface area contributed by atoms with Gasteiger partial charge in [-0.15, -0.1) is 0 Å². The van der Waals surface area contributed by atoms with E-state index in [4.69, 9.17) is 9.72 Å². The lowest BCUT2D eigenvalue weighted by atomic mass is 9.84. The van der Waals surface area contributed by atoms with Crippen LogP contribution in [-0.4, -0.2) is 84.8 Å². The van der Waals surface area contributed by atoms with Gasteiger partial charge < -0.3 is 30.3 Å². The fraction of sp³-hybridized carbons (Fsp3) is 0.484. The molecule has 39 heavy (non-hydrogen) atoms. The van der Waals surface area contributed by atoms with Gasteiger partial charge in [0.05, 0.1) is 30.1 Å². The largest absolute Gasteiger partial charge is 0.384 e. The Morgan fingerprint density at radius 1 is 1.26 bits per heavy atom. The summed E-state index contributed by atoms with van der Waals surface area (Å²) in [4.78, 5) is 22.2. The highest BCUT2D eigenvalue weighted by Gasteiger charge is 2.39. The van der Waals surface area contributed by atoms with Crippen LogP contribution in [0.4, 0.5) is 0 Å². The van der Waals surface area contributed by atoms with Crippen molar-refractivity contribution in [3.05, 3.63) is 70.1 Å². The predicted molar refractivity (Wildman–Crippen MR) is 153 cm³/mol. The Balaban J connectivity index is 1.31. The molecule has 1 unspecified atom stereocenters. The van der Waals surface area contributed by atoms with Crippen LogP contribution in [0.2, 0.25) is 0 Å². The zero-order chi connectivity index (χ0) is 26.9. The van der Waals surface area contributed by atoms with Gasteiger partial charge in [0.15, 0.2) is 5.78 Å². The van der Waals surface area contributed by atoms with Crippen LogP contribution in [0.5, 0.6) is 0 Å². The van der Waals surface area contributed by atoms with E-state index in [-0.39, 0.29) is 5.78 Å². The summed E-state index contributed by atoms with van der Waals surface area (Å²) in [6.07, 6.45) is 3.83. The van der Waals surface area contributed by atoms with Crippen molar-refractivity contribution >= 4 is 22.4 Å². The van der Waals surface area contributed by atoms with Crippen LogP contribution in [0.15, 0.2) is 47.7 Å². The summed E-state index contributed by atoms with van der Waals surface area (Å²) in [5, 5.41) is 19.0. The number of ketones is 1. The van der Waals surface area contributed by atoms with E-state index >= 15 is 0 Å². The Labute approximate surface area is 230 Å². The molecule has 8 heteroatoms. The fourth-order valence-corrected chi connectivity index (χ4v) is 6.37. The number of aliphatic hydroxyl groups is 1. The Bertz CT molecular complexity index is 1360. The maximum atomic E-state index is 12.3. The van der Waals surface area contributed by atoms with Crippen LogP contribution >= 0.6 is 0 Å². The van der Waals surface area contributed by atoms with Crippen LogP contribution < -0.4 is 10.6 Å². The molecule has 1 fully saturated rings. The van der Waals surface area contributed by atoms with E-state index in [0.717, 1.165) is 86.8 Å². The van der Waals surface area contributed by atoms with Crippen molar-refractivity contribution in [3.8, 4) is 0 Å². The second-order valence-corrected chi connectivity index (χ2v) is 11.0. The molecule has 0 spiro atoms. The zero-order valence-electron chi connectivity index (χ0n) is 22.9. The van der Waals surface area contributed by atoms with Crippen molar-refractivity contribution in [3.63, 3.8) is 0 Å². The number of nitrogens with zero attached hydrogens (tertiary/aromatic N) is 3. The molecule has 6 rings (SSSR count). The van der Waals surface area contributed by atoms with E-state index in [1.165, 1.54) is 22.1 Å². The third-order valence-corrected chi connectivity index (χ3v) is 8.59. The second-order valence-electron chi connectivity index (χ2n) is 11.0. The summed E-state index contributed by atoms with van der Waals surface area (Å²) in [5.41, 5.74) is 9.08. The molecule has 1 aromatic heterocycles. The lowest BCUT2D eigenvalue weighted by molar-refractivity contribution is -0.125. The summed E-state index contributed by atoms with van der Waals surface area (Å²) in [5.74, 6) is -0.120. The van der Waals surface area contributed by atoms with E-state index in [2.05, 4.69) is 45.2 Å². The average molecular weight is 530 g/mol. The third kappa shape index (κ3) is 5.08. The number of pyridine rings is 1. The number of aromatic nitrogens is 1. The number of methoxy groups -OCH3 is 1. The predicted octanol–water partition coefficient (Wildman–Crippen LogP) is 2.51. The van der Waals surface area contributed by atoms with Gasteiger partial charge >= 0.3 is 0 Å². The highest BCUT2D eigenvalue weighted by molar-refractivity contribution is 5.93. The third-order valence-electron chi connectivity index (χ3n) is 8.59. The first-order valence-electron chi connectivity index (χ1n) is 14.2. The van der Waals surface area contributed by atoms with Gasteiger partial charge in [-0.25, -0.2) is 4.98 Å². The molecule has 8 nitrogen and oxygen atoms in total. The van der Waals surface area contributed by atoms with Crippen LogP contribution in [0.1, 0.15) is 41.6 Å². The van der Waals surface area contributed by atoms with Crippen molar-refractivity contribution in [1.82, 2.24) is 25.4 Å². The lowest BCUT2D eigenvalue weighted by Gasteiger charge is -2.34. The molecule has 1 aromatic carbocycles. The van der Waals surface area contributed by atoms with Crippen LogP contribution in [0, 0.1) is 0 Å². The molecule has 0 bridgehead atoms. The van der Waals surface area contributed by atoms with Crippen molar-refractivity contribution < 1.29 is 14.6 Å². The molecular weight excluding hydrogens is 490 g/mol. The standard InChI is InChI=1S/C31H39N5O3/c1-20-22-6-7-29(37)31(38)24(22)17-28-30-26(19-36(20)28)25(18-33-9-3-12-35-13-10-32-11-14-35)23-5-4-21(8-15-39-2)16-27(23)34-30/h4-5,16-17,31-33,38H,1,3,6-15,18-19H2,2H3. The molecule has 0 amide bonds. The molecular formula is C31H39N5O3. The molecule has 4 aliphatic rings. The molecule has 206 valence electrons. The minimum Gasteiger partial charge on any atom is -0.384 e. The second kappa shape index (κ2) is 11.3. The molecule has 3 aliphatic heterocycles. The number of benzene rings is 1. The van der Waals surface area contributed by atoms with Crippen molar-refractivity contribution in [2.75, 3.05) is 53.0 Å². The normalized spacial score (nSPS) is 21.3. The van der Waals surface area contributed by atoms with Gasteiger partial charge in [-0.3, -0.25) is 4.79 Å². The summed E-state index contributed by atoms with van der Waals surface area (Å²) in [6.45, 7) is 13.0. The van der Waals surface area contributed by atoms with E-state index in [1.807, 2.05) is 6.08 Å². The minimum atomic E-state index is -1.08. The van der Waals surface area contributed by atoms with Gasteiger partial charge in [-0.2, -0.15) is 0 Å². The molecule has 2 aromatic rings. The van der Waals surface area contributed by atoms with Gasteiger partial charge in [0.2, 0.25) is 0 Å². The first-order valence-corrected chi connectivity index (χ1v) is 14.2. The first-order chi connectivity index (χ1) is 19.0. The molecule has 1 atom stereocenters. The number of hydrogen-bond donors (Lipinski definition) is 3. The van der Waals surface area contributed by atoms with Crippen LogP contribution in [0.25, 0.3) is 16.6 Å². The van der Waals surface area contributed by atoms with Crippen LogP contribution in [0.3, 0.4) is 0 Å². The van der Waals surface area contributed by atoms with Crippen molar-refractivity contribution in [2.24, 2.45) is 0 Å². The average Bonchev–Trinajstić information content (AvgIpc) is 3.32. The van der Waals surface area contributed by atoms with Gasteiger partial charge in [0, 0.05) is 62.9 Å². The molecule has 1 aliphatic carbocycles. The Hall–Kier alpha value is -2.88. The molecule has 4 heterocycles. The number of hydrogen-bond acceptors (Lipinski definition) is 8. The molecule has 0 radical (unpaired) electrons. The lowest BCUT2D eigenvalue weighted by Crippen LogP contribution is -2.44. The smallest absolute Gasteiger partial charge is 0.166 e. The number of Topliss-reactive ketones (excluding diaryl/α,β-unsaturated/α-hetero) is 1. The van der Waals surface area contributed by atoms with Crippen molar-refractivity contribution in [1.29, 1.82) is 0 Å². The summed E-state index contributed by atoms with van der Waals surface area (Å²) < 4.78 is 5.31. The van der Waals surface area contributed by atoms with Gasteiger partial charge in [0.1, 0.15) is 6.10 Å². The SMILES string of the molecule is C=C1C2=C(C=C3c4nc5cc(CCOC)ccc5c(CNCCCN5CCNCC5)c4CN13)C(O)C(=O)CC2. The highest BCUT2D eigenvalue weighted by atomic mass is 16.5. The number of ether oxygens (including phenoxy) is 1. The first kappa shape index (κ1) is 26.3. The number of piperazine rings is 1. The number of aliphatic hydroxyl groups excluding tert-OH is 1. The summed E-state index contributed by atoms with van der Waals surface area (Å²) >= 11 is 0. The molecule has 1 saturated heterocycles.